The molecule has 0 spiro atoms. The zero-order chi connectivity index (χ0) is 9.23. The zero-order valence-electron chi connectivity index (χ0n) is 8.31. The zero-order valence-corrected chi connectivity index (χ0v) is 8.31. The van der Waals surface area contributed by atoms with Crippen LogP contribution in [-0.2, 0) is 4.84 Å². The number of hydrogen-bond donors (Lipinski definition) is 2. The van der Waals surface area contributed by atoms with Gasteiger partial charge in [-0.05, 0) is 26.3 Å². The molecular weight excluding hydrogens is 152 g/mol. The van der Waals surface area contributed by atoms with Crippen LogP contribution < -0.4 is 11.2 Å². The average Bonchev–Trinajstić information content (AvgIpc) is 2.09. The van der Waals surface area contributed by atoms with Crippen molar-refractivity contribution in [1.29, 1.82) is 0 Å². The van der Waals surface area contributed by atoms with Crippen LogP contribution in [-0.4, -0.2) is 19.2 Å². The van der Waals surface area contributed by atoms with E-state index in [0.29, 0.717) is 12.6 Å². The maximum atomic E-state index is 4.90. The monoisotopic (exact) mass is 174 g/mol. The van der Waals surface area contributed by atoms with E-state index in [2.05, 4.69) is 24.0 Å². The standard InChI is InChI=1S/C9H22N2O/c1-3-4-6-9(2)11-7-5-8-12-10/h9,11H,3-8,10H2,1-2H3. The highest BCUT2D eigenvalue weighted by molar-refractivity contribution is 4.59. The van der Waals surface area contributed by atoms with Gasteiger partial charge in [-0.3, -0.25) is 0 Å². The van der Waals surface area contributed by atoms with E-state index in [-0.39, 0.29) is 0 Å². The predicted molar refractivity (Wildman–Crippen MR) is 51.7 cm³/mol. The summed E-state index contributed by atoms with van der Waals surface area (Å²) >= 11 is 0. The Hall–Kier alpha value is -0.120. The quantitative estimate of drug-likeness (QED) is 0.432. The fraction of sp³-hybridized carbons (Fsp3) is 1.00. The van der Waals surface area contributed by atoms with Gasteiger partial charge in [0.1, 0.15) is 0 Å². The molecule has 12 heavy (non-hydrogen) atoms. The summed E-state index contributed by atoms with van der Waals surface area (Å²) in [6, 6.07) is 0.628. The minimum absolute atomic E-state index is 0.628. The van der Waals surface area contributed by atoms with E-state index >= 15 is 0 Å². The van der Waals surface area contributed by atoms with Crippen LogP contribution in [0.5, 0.6) is 0 Å². The van der Waals surface area contributed by atoms with Crippen LogP contribution in [0.15, 0.2) is 0 Å². The normalized spacial score (nSPS) is 13.2. The van der Waals surface area contributed by atoms with Crippen LogP contribution in [0, 0.1) is 0 Å². The van der Waals surface area contributed by atoms with E-state index in [1.165, 1.54) is 19.3 Å². The Morgan fingerprint density at radius 1 is 1.42 bits per heavy atom. The van der Waals surface area contributed by atoms with E-state index in [0.717, 1.165) is 13.0 Å². The summed E-state index contributed by atoms with van der Waals surface area (Å²) in [5.74, 6) is 4.90. The van der Waals surface area contributed by atoms with Crippen molar-refractivity contribution >= 4 is 0 Å². The van der Waals surface area contributed by atoms with Gasteiger partial charge in [0.05, 0.1) is 6.61 Å². The van der Waals surface area contributed by atoms with Gasteiger partial charge in [-0.1, -0.05) is 19.8 Å². The summed E-state index contributed by atoms with van der Waals surface area (Å²) in [5.41, 5.74) is 0. The number of nitrogens with one attached hydrogen (secondary N) is 1. The van der Waals surface area contributed by atoms with Crippen molar-refractivity contribution in [1.82, 2.24) is 5.32 Å². The molecule has 74 valence electrons. The van der Waals surface area contributed by atoms with E-state index in [1.54, 1.807) is 0 Å². The third-order valence-electron chi connectivity index (χ3n) is 1.92. The van der Waals surface area contributed by atoms with E-state index in [4.69, 9.17) is 5.90 Å². The summed E-state index contributed by atoms with van der Waals surface area (Å²) in [5, 5.41) is 3.42. The van der Waals surface area contributed by atoms with Gasteiger partial charge in [0.2, 0.25) is 0 Å². The van der Waals surface area contributed by atoms with E-state index in [9.17, 15) is 0 Å². The first kappa shape index (κ1) is 11.9. The highest BCUT2D eigenvalue weighted by Gasteiger charge is 1.98. The van der Waals surface area contributed by atoms with E-state index in [1.807, 2.05) is 0 Å². The van der Waals surface area contributed by atoms with Crippen LogP contribution >= 0.6 is 0 Å². The van der Waals surface area contributed by atoms with Gasteiger partial charge in [0.25, 0.3) is 0 Å². The Morgan fingerprint density at radius 3 is 2.75 bits per heavy atom. The molecule has 1 unspecified atom stereocenters. The van der Waals surface area contributed by atoms with Crippen molar-refractivity contribution < 1.29 is 4.84 Å². The number of unbranched alkanes of at least 4 members (excludes halogenated alkanes) is 1. The highest BCUT2D eigenvalue weighted by atomic mass is 16.6. The number of nitrogens with two attached hydrogens (primary N) is 1. The topological polar surface area (TPSA) is 47.3 Å². The van der Waals surface area contributed by atoms with Crippen LogP contribution in [0.2, 0.25) is 0 Å². The van der Waals surface area contributed by atoms with Gasteiger partial charge in [-0.15, -0.1) is 0 Å². The van der Waals surface area contributed by atoms with Crippen molar-refractivity contribution in [3.63, 3.8) is 0 Å². The van der Waals surface area contributed by atoms with Crippen molar-refractivity contribution in [3.05, 3.63) is 0 Å². The molecule has 3 nitrogen and oxygen atoms in total. The van der Waals surface area contributed by atoms with Crippen LogP contribution in [0.1, 0.15) is 39.5 Å². The second-order valence-corrected chi connectivity index (χ2v) is 3.22. The van der Waals surface area contributed by atoms with Gasteiger partial charge < -0.3 is 10.2 Å². The van der Waals surface area contributed by atoms with Crippen LogP contribution in [0.25, 0.3) is 0 Å². The van der Waals surface area contributed by atoms with Gasteiger partial charge in [-0.2, -0.15) is 0 Å². The minimum atomic E-state index is 0.628. The summed E-state index contributed by atoms with van der Waals surface area (Å²) in [6.07, 6.45) is 4.84. The lowest BCUT2D eigenvalue weighted by atomic mass is 10.1. The molecule has 0 radical (unpaired) electrons. The minimum Gasteiger partial charge on any atom is -0.314 e. The molecule has 0 saturated carbocycles. The molecule has 0 amide bonds. The first-order valence-electron chi connectivity index (χ1n) is 4.86. The smallest absolute Gasteiger partial charge is 0.0691 e. The van der Waals surface area contributed by atoms with Crippen LogP contribution in [0.4, 0.5) is 0 Å². The summed E-state index contributed by atoms with van der Waals surface area (Å²) < 4.78 is 0. The summed E-state index contributed by atoms with van der Waals surface area (Å²) in [7, 11) is 0. The van der Waals surface area contributed by atoms with Gasteiger partial charge in [0, 0.05) is 6.04 Å². The van der Waals surface area contributed by atoms with Crippen molar-refractivity contribution in [2.75, 3.05) is 13.2 Å². The number of hydrogen-bond acceptors (Lipinski definition) is 3. The number of rotatable bonds is 8. The molecule has 1 atom stereocenters. The summed E-state index contributed by atoms with van der Waals surface area (Å²) in [6.45, 7) is 6.09. The SMILES string of the molecule is CCCCC(C)NCCCON. The first-order valence-corrected chi connectivity index (χ1v) is 4.86. The van der Waals surface area contributed by atoms with Crippen molar-refractivity contribution in [2.24, 2.45) is 5.90 Å². The molecule has 0 aliphatic carbocycles. The lowest BCUT2D eigenvalue weighted by molar-refractivity contribution is 0.134. The van der Waals surface area contributed by atoms with Crippen molar-refractivity contribution in [3.8, 4) is 0 Å². The molecule has 0 aliphatic rings. The lowest BCUT2D eigenvalue weighted by Gasteiger charge is -2.12. The third-order valence-corrected chi connectivity index (χ3v) is 1.92. The van der Waals surface area contributed by atoms with Gasteiger partial charge in [-0.25, -0.2) is 5.90 Å². The highest BCUT2D eigenvalue weighted by Crippen LogP contribution is 1.98. The molecule has 3 heteroatoms. The van der Waals surface area contributed by atoms with Crippen molar-refractivity contribution in [2.45, 2.75) is 45.6 Å². The molecule has 0 aromatic rings. The largest absolute Gasteiger partial charge is 0.314 e. The molecule has 0 saturated heterocycles. The maximum absolute atomic E-state index is 4.90. The Balaban J connectivity index is 3.02. The average molecular weight is 174 g/mol. The van der Waals surface area contributed by atoms with Gasteiger partial charge in [0.15, 0.2) is 0 Å². The summed E-state index contributed by atoms with van der Waals surface area (Å²) in [4.78, 5) is 4.46. The Kier molecular flexibility index (Phi) is 8.88. The first-order chi connectivity index (χ1) is 5.81. The molecule has 0 fully saturated rings. The molecular formula is C9H22N2O. The molecule has 0 bridgehead atoms. The fourth-order valence-corrected chi connectivity index (χ4v) is 1.12. The predicted octanol–water partition coefficient (Wildman–Crippen LogP) is 1.44. The fourth-order valence-electron chi connectivity index (χ4n) is 1.12. The third kappa shape index (κ3) is 7.98. The molecule has 0 aromatic carbocycles. The molecule has 0 aliphatic heterocycles. The Bertz CT molecular complexity index is 88.6. The molecule has 3 N–H and O–H groups in total. The van der Waals surface area contributed by atoms with Crippen LogP contribution in [0.3, 0.4) is 0 Å². The molecule has 0 heterocycles. The molecule has 0 aromatic heterocycles. The second-order valence-electron chi connectivity index (χ2n) is 3.22. The van der Waals surface area contributed by atoms with Gasteiger partial charge >= 0.3 is 0 Å². The maximum Gasteiger partial charge on any atom is 0.0691 e. The Morgan fingerprint density at radius 2 is 2.17 bits per heavy atom. The van der Waals surface area contributed by atoms with E-state index < -0.39 is 0 Å². The molecule has 0 rings (SSSR count). The lowest BCUT2D eigenvalue weighted by Crippen LogP contribution is -2.27. The Labute approximate surface area is 75.6 Å². The second kappa shape index (κ2) is 8.97.